The van der Waals surface area contributed by atoms with Crippen LogP contribution in [0.4, 0.5) is 10.5 Å². The predicted molar refractivity (Wildman–Crippen MR) is 126 cm³/mol. The first kappa shape index (κ1) is 21.8. The number of carbonyl (C=O) groups excluding carboxylic acids is 3. The number of urea groups is 1. The van der Waals surface area contributed by atoms with Crippen LogP contribution < -0.4 is 15.4 Å². The Morgan fingerprint density at radius 3 is 2.53 bits per heavy atom. The van der Waals surface area contributed by atoms with Crippen LogP contribution in [0.15, 0.2) is 59.1 Å². The van der Waals surface area contributed by atoms with Gasteiger partial charge in [0.2, 0.25) is 5.91 Å². The molecular weight excluding hydrogens is 474 g/mol. The van der Waals surface area contributed by atoms with E-state index in [2.05, 4.69) is 26.6 Å². The van der Waals surface area contributed by atoms with E-state index in [1.54, 1.807) is 26.2 Å². The smallest absolute Gasteiger partial charge is 0.325 e. The Morgan fingerprint density at radius 1 is 1.09 bits per heavy atom. The lowest BCUT2D eigenvalue weighted by Gasteiger charge is -2.22. The summed E-state index contributed by atoms with van der Waals surface area (Å²) in [4.78, 5) is 39.3. The molecule has 32 heavy (non-hydrogen) atoms. The molecule has 4 amide bonds. The number of anilines is 1. The fourth-order valence-electron chi connectivity index (χ4n) is 3.76. The molecule has 0 radical (unpaired) electrons. The SMILES string of the molecule is COc1ccc2cc([C@]3(C)NC(=O)N(CC(=O)Nc4ccc(Br)c(C)c4)C3=O)ccc2c1. The Kier molecular flexibility index (Phi) is 5.64. The molecule has 1 aliphatic rings. The van der Waals surface area contributed by atoms with Crippen molar-refractivity contribution in [1.29, 1.82) is 0 Å². The Hall–Kier alpha value is -3.39. The summed E-state index contributed by atoms with van der Waals surface area (Å²) < 4.78 is 6.18. The van der Waals surface area contributed by atoms with Crippen LogP contribution in [0.25, 0.3) is 10.8 Å². The summed E-state index contributed by atoms with van der Waals surface area (Å²) >= 11 is 3.41. The third-order valence-corrected chi connectivity index (χ3v) is 6.53. The van der Waals surface area contributed by atoms with Gasteiger partial charge in [-0.1, -0.05) is 34.1 Å². The summed E-state index contributed by atoms with van der Waals surface area (Å²) in [7, 11) is 1.60. The van der Waals surface area contributed by atoms with Gasteiger partial charge in [-0.2, -0.15) is 0 Å². The van der Waals surface area contributed by atoms with E-state index in [0.717, 1.165) is 31.5 Å². The number of rotatable bonds is 5. The number of fused-ring (bicyclic) bond motifs is 1. The highest BCUT2D eigenvalue weighted by molar-refractivity contribution is 9.10. The first-order valence-corrected chi connectivity index (χ1v) is 10.8. The van der Waals surface area contributed by atoms with E-state index in [0.29, 0.717) is 11.3 Å². The highest BCUT2D eigenvalue weighted by Crippen LogP contribution is 2.32. The number of hydrogen-bond donors (Lipinski definition) is 2. The van der Waals surface area contributed by atoms with Crippen molar-refractivity contribution in [2.45, 2.75) is 19.4 Å². The van der Waals surface area contributed by atoms with Crippen molar-refractivity contribution in [2.24, 2.45) is 0 Å². The number of imide groups is 1. The molecule has 2 N–H and O–H groups in total. The Bertz CT molecular complexity index is 1260. The summed E-state index contributed by atoms with van der Waals surface area (Å²) in [6, 6.07) is 15.9. The van der Waals surface area contributed by atoms with E-state index in [-0.39, 0.29) is 6.54 Å². The zero-order chi connectivity index (χ0) is 23.0. The monoisotopic (exact) mass is 495 g/mol. The number of methoxy groups -OCH3 is 1. The van der Waals surface area contributed by atoms with Crippen LogP contribution in [-0.2, 0) is 15.1 Å². The van der Waals surface area contributed by atoms with Crippen LogP contribution in [0.5, 0.6) is 5.75 Å². The van der Waals surface area contributed by atoms with Crippen molar-refractivity contribution in [2.75, 3.05) is 19.0 Å². The fourth-order valence-corrected chi connectivity index (χ4v) is 4.01. The third-order valence-electron chi connectivity index (χ3n) is 5.64. The van der Waals surface area contributed by atoms with Gasteiger partial charge in [-0.25, -0.2) is 4.79 Å². The molecule has 8 heteroatoms. The number of aryl methyl sites for hydroxylation is 1. The third kappa shape index (κ3) is 3.93. The highest BCUT2D eigenvalue weighted by Gasteiger charge is 2.49. The van der Waals surface area contributed by atoms with Gasteiger partial charge in [0.05, 0.1) is 7.11 Å². The molecule has 164 valence electrons. The van der Waals surface area contributed by atoms with Gasteiger partial charge in [-0.15, -0.1) is 0 Å². The summed E-state index contributed by atoms with van der Waals surface area (Å²) in [6.45, 7) is 3.18. The summed E-state index contributed by atoms with van der Waals surface area (Å²) in [5.74, 6) is -0.192. The highest BCUT2D eigenvalue weighted by atomic mass is 79.9. The van der Waals surface area contributed by atoms with Crippen molar-refractivity contribution in [1.82, 2.24) is 10.2 Å². The van der Waals surface area contributed by atoms with Crippen molar-refractivity contribution < 1.29 is 19.1 Å². The Morgan fingerprint density at radius 2 is 1.81 bits per heavy atom. The molecule has 0 aromatic heterocycles. The summed E-state index contributed by atoms with van der Waals surface area (Å²) in [5.41, 5.74) is 0.925. The molecule has 1 saturated heterocycles. The van der Waals surface area contributed by atoms with E-state index in [4.69, 9.17) is 4.74 Å². The van der Waals surface area contributed by atoms with Crippen molar-refractivity contribution in [3.8, 4) is 5.75 Å². The van der Waals surface area contributed by atoms with E-state index in [9.17, 15) is 14.4 Å². The average molecular weight is 496 g/mol. The average Bonchev–Trinajstić information content (AvgIpc) is 2.99. The van der Waals surface area contributed by atoms with E-state index < -0.39 is 23.4 Å². The normalized spacial score (nSPS) is 18.1. The van der Waals surface area contributed by atoms with Crippen LogP contribution in [-0.4, -0.2) is 36.4 Å². The molecule has 3 aromatic rings. The van der Waals surface area contributed by atoms with Crippen molar-refractivity contribution in [3.63, 3.8) is 0 Å². The van der Waals surface area contributed by atoms with Gasteiger partial charge in [0, 0.05) is 10.2 Å². The van der Waals surface area contributed by atoms with E-state index in [1.807, 2.05) is 49.4 Å². The molecule has 0 bridgehead atoms. The van der Waals surface area contributed by atoms with Gasteiger partial charge in [-0.05, 0) is 72.1 Å². The standard InChI is InChI=1S/C24H22BrN3O4/c1-14-10-18(7-9-20(14)25)26-21(29)13-28-22(30)24(2,27-23(28)31)17-6-4-16-12-19(32-3)8-5-15(16)11-17/h4-12H,13H2,1-3H3,(H,26,29)(H,27,31)/t24-/m0/s1. The molecule has 1 aliphatic heterocycles. The maximum atomic E-state index is 13.2. The molecule has 3 aromatic carbocycles. The Labute approximate surface area is 193 Å². The zero-order valence-corrected chi connectivity index (χ0v) is 19.4. The number of halogens is 1. The second-order valence-electron chi connectivity index (χ2n) is 7.89. The molecule has 1 heterocycles. The molecule has 4 rings (SSSR count). The van der Waals surface area contributed by atoms with Gasteiger partial charge < -0.3 is 15.4 Å². The van der Waals surface area contributed by atoms with Gasteiger partial charge in [0.25, 0.3) is 5.91 Å². The number of amides is 4. The molecule has 7 nitrogen and oxygen atoms in total. The molecule has 0 unspecified atom stereocenters. The second-order valence-corrected chi connectivity index (χ2v) is 8.74. The lowest BCUT2D eigenvalue weighted by molar-refractivity contribution is -0.133. The van der Waals surface area contributed by atoms with Crippen LogP contribution >= 0.6 is 15.9 Å². The predicted octanol–water partition coefficient (Wildman–Crippen LogP) is 4.33. The van der Waals surface area contributed by atoms with Crippen LogP contribution in [0.2, 0.25) is 0 Å². The topological polar surface area (TPSA) is 87.7 Å². The lowest BCUT2D eigenvalue weighted by Crippen LogP contribution is -2.42. The second kappa shape index (κ2) is 8.27. The minimum atomic E-state index is -1.26. The molecular formula is C24H22BrN3O4. The molecule has 0 aliphatic carbocycles. The number of nitrogens with zero attached hydrogens (tertiary/aromatic N) is 1. The van der Waals surface area contributed by atoms with Gasteiger partial charge in [-0.3, -0.25) is 14.5 Å². The first-order valence-electron chi connectivity index (χ1n) is 9.99. The number of ether oxygens (including phenoxy) is 1. The van der Waals surface area contributed by atoms with E-state index >= 15 is 0 Å². The summed E-state index contributed by atoms with van der Waals surface area (Å²) in [5, 5.41) is 7.34. The van der Waals surface area contributed by atoms with Crippen LogP contribution in [0.1, 0.15) is 18.1 Å². The largest absolute Gasteiger partial charge is 0.497 e. The van der Waals surface area contributed by atoms with Gasteiger partial charge in [0.15, 0.2) is 0 Å². The number of hydrogen-bond acceptors (Lipinski definition) is 4. The van der Waals surface area contributed by atoms with Crippen molar-refractivity contribution >= 4 is 50.2 Å². The Balaban J connectivity index is 1.54. The minimum absolute atomic E-state index is 0.375. The quantitative estimate of drug-likeness (QED) is 0.515. The molecule has 1 fully saturated rings. The minimum Gasteiger partial charge on any atom is -0.497 e. The van der Waals surface area contributed by atoms with Gasteiger partial charge >= 0.3 is 6.03 Å². The number of benzene rings is 3. The van der Waals surface area contributed by atoms with E-state index in [1.165, 1.54) is 0 Å². The number of carbonyl (C=O) groups is 3. The fraction of sp³-hybridized carbons (Fsp3) is 0.208. The maximum Gasteiger partial charge on any atom is 0.325 e. The number of nitrogens with one attached hydrogen (secondary N) is 2. The van der Waals surface area contributed by atoms with Gasteiger partial charge in [0.1, 0.15) is 17.8 Å². The maximum absolute atomic E-state index is 13.2. The van der Waals surface area contributed by atoms with Crippen LogP contribution in [0.3, 0.4) is 0 Å². The molecule has 0 spiro atoms. The molecule has 0 saturated carbocycles. The summed E-state index contributed by atoms with van der Waals surface area (Å²) in [6.07, 6.45) is 0. The zero-order valence-electron chi connectivity index (χ0n) is 17.9. The van der Waals surface area contributed by atoms with Crippen LogP contribution in [0, 0.1) is 6.92 Å². The molecule has 1 atom stereocenters. The first-order chi connectivity index (χ1) is 15.2. The lowest BCUT2D eigenvalue weighted by atomic mass is 9.90. The van der Waals surface area contributed by atoms with Crippen molar-refractivity contribution in [3.05, 3.63) is 70.2 Å².